The van der Waals surface area contributed by atoms with E-state index >= 15 is 0 Å². The van der Waals surface area contributed by atoms with Gasteiger partial charge < -0.3 is 5.32 Å². The normalized spacial score (nSPS) is 16.6. The standard InChI is InChI=1S/C18H13ClFN3O/c19-12-3-1-11(2-4-12)15-9-17(24)22-18-16(15)10-21-23(18)14-7-5-13(20)6-8-14/h1-8,10,15H,9H2,(H,22,24). The number of carbonyl (C=O) groups is 1. The van der Waals surface area contributed by atoms with Gasteiger partial charge in [0.1, 0.15) is 11.6 Å². The molecule has 1 aromatic heterocycles. The Morgan fingerprint density at radius 2 is 1.83 bits per heavy atom. The molecule has 1 amide bonds. The Morgan fingerprint density at radius 3 is 2.54 bits per heavy atom. The Kier molecular flexibility index (Phi) is 3.58. The van der Waals surface area contributed by atoms with Crippen LogP contribution in [0.3, 0.4) is 0 Å². The molecule has 1 atom stereocenters. The fourth-order valence-electron chi connectivity index (χ4n) is 2.99. The molecule has 120 valence electrons. The number of anilines is 1. The Hall–Kier alpha value is -2.66. The van der Waals surface area contributed by atoms with Gasteiger partial charge in [0.25, 0.3) is 0 Å². The van der Waals surface area contributed by atoms with Crippen molar-refractivity contribution in [1.82, 2.24) is 9.78 Å². The highest BCUT2D eigenvalue weighted by molar-refractivity contribution is 6.30. The Morgan fingerprint density at radius 1 is 1.12 bits per heavy atom. The third kappa shape index (κ3) is 2.57. The summed E-state index contributed by atoms with van der Waals surface area (Å²) in [4.78, 5) is 12.2. The van der Waals surface area contributed by atoms with Gasteiger partial charge in [-0.25, -0.2) is 9.07 Å². The van der Waals surface area contributed by atoms with Crippen LogP contribution in [0.5, 0.6) is 0 Å². The van der Waals surface area contributed by atoms with Crippen LogP contribution in [0.15, 0.2) is 54.7 Å². The molecule has 0 fully saturated rings. The van der Waals surface area contributed by atoms with Crippen LogP contribution in [0, 0.1) is 5.82 Å². The van der Waals surface area contributed by atoms with Crippen LogP contribution in [-0.2, 0) is 4.79 Å². The first-order valence-electron chi connectivity index (χ1n) is 7.51. The van der Waals surface area contributed by atoms with Gasteiger partial charge in [-0.1, -0.05) is 23.7 Å². The molecule has 2 aromatic carbocycles. The van der Waals surface area contributed by atoms with Crippen LogP contribution < -0.4 is 5.32 Å². The molecule has 4 rings (SSSR count). The minimum Gasteiger partial charge on any atom is -0.310 e. The first kappa shape index (κ1) is 14.9. The third-order valence-corrected chi connectivity index (χ3v) is 4.42. The zero-order valence-electron chi connectivity index (χ0n) is 12.5. The number of rotatable bonds is 2. The maximum Gasteiger partial charge on any atom is 0.226 e. The monoisotopic (exact) mass is 341 g/mol. The zero-order chi connectivity index (χ0) is 16.7. The van der Waals surface area contributed by atoms with Crippen LogP contribution >= 0.6 is 11.6 Å². The minimum absolute atomic E-state index is 0.0775. The van der Waals surface area contributed by atoms with Crippen molar-refractivity contribution in [2.45, 2.75) is 12.3 Å². The van der Waals surface area contributed by atoms with Crippen LogP contribution in [0.1, 0.15) is 23.5 Å². The minimum atomic E-state index is -0.317. The van der Waals surface area contributed by atoms with E-state index in [4.69, 9.17) is 11.6 Å². The summed E-state index contributed by atoms with van der Waals surface area (Å²) in [6.45, 7) is 0. The summed E-state index contributed by atoms with van der Waals surface area (Å²) in [7, 11) is 0. The largest absolute Gasteiger partial charge is 0.310 e. The predicted octanol–water partition coefficient (Wildman–Crippen LogP) is 4.14. The van der Waals surface area contributed by atoms with Gasteiger partial charge in [0.15, 0.2) is 0 Å². The number of fused-ring (bicyclic) bond motifs is 1. The number of aromatic nitrogens is 2. The molecule has 24 heavy (non-hydrogen) atoms. The van der Waals surface area contributed by atoms with E-state index in [1.54, 1.807) is 23.0 Å². The molecule has 0 aliphatic carbocycles. The van der Waals surface area contributed by atoms with Crippen molar-refractivity contribution in [1.29, 1.82) is 0 Å². The zero-order valence-corrected chi connectivity index (χ0v) is 13.3. The van der Waals surface area contributed by atoms with Gasteiger partial charge in [0, 0.05) is 22.9 Å². The van der Waals surface area contributed by atoms with E-state index in [0.29, 0.717) is 22.9 Å². The molecule has 0 saturated carbocycles. The average Bonchev–Trinajstić information content (AvgIpc) is 2.99. The summed E-state index contributed by atoms with van der Waals surface area (Å²) in [6, 6.07) is 13.5. The number of hydrogen-bond acceptors (Lipinski definition) is 2. The van der Waals surface area contributed by atoms with Crippen molar-refractivity contribution in [2.75, 3.05) is 5.32 Å². The van der Waals surface area contributed by atoms with E-state index in [1.165, 1.54) is 12.1 Å². The van der Waals surface area contributed by atoms with E-state index in [1.807, 2.05) is 24.3 Å². The Labute approximate surface area is 142 Å². The Bertz CT molecular complexity index is 903. The Balaban J connectivity index is 1.80. The van der Waals surface area contributed by atoms with Gasteiger partial charge >= 0.3 is 0 Å². The summed E-state index contributed by atoms with van der Waals surface area (Å²) in [5, 5.41) is 7.91. The molecule has 3 aromatic rings. The second kappa shape index (κ2) is 5.76. The first-order chi connectivity index (χ1) is 11.6. The summed E-state index contributed by atoms with van der Waals surface area (Å²) in [5.74, 6) is 0.146. The highest BCUT2D eigenvalue weighted by Gasteiger charge is 2.30. The highest BCUT2D eigenvalue weighted by atomic mass is 35.5. The van der Waals surface area contributed by atoms with Crippen molar-refractivity contribution in [3.05, 3.63) is 76.7 Å². The number of halogens is 2. The average molecular weight is 342 g/mol. The molecule has 4 nitrogen and oxygen atoms in total. The lowest BCUT2D eigenvalue weighted by atomic mass is 9.87. The fourth-order valence-corrected chi connectivity index (χ4v) is 3.12. The molecular weight excluding hydrogens is 329 g/mol. The summed E-state index contributed by atoms with van der Waals surface area (Å²) in [6.07, 6.45) is 2.10. The quantitative estimate of drug-likeness (QED) is 0.761. The number of nitrogens with zero attached hydrogens (tertiary/aromatic N) is 2. The van der Waals surface area contributed by atoms with E-state index in [-0.39, 0.29) is 17.6 Å². The van der Waals surface area contributed by atoms with Gasteiger partial charge in [-0.15, -0.1) is 0 Å². The van der Waals surface area contributed by atoms with Gasteiger partial charge in [0.05, 0.1) is 11.9 Å². The second-order valence-electron chi connectivity index (χ2n) is 5.69. The van der Waals surface area contributed by atoms with Crippen LogP contribution in [0.4, 0.5) is 10.2 Å². The molecule has 0 bridgehead atoms. The smallest absolute Gasteiger partial charge is 0.226 e. The number of carbonyl (C=O) groups excluding carboxylic acids is 1. The van der Waals surface area contributed by atoms with Crippen molar-refractivity contribution in [2.24, 2.45) is 0 Å². The van der Waals surface area contributed by atoms with Gasteiger partial charge in [-0.05, 0) is 42.0 Å². The lowest BCUT2D eigenvalue weighted by Gasteiger charge is -2.23. The van der Waals surface area contributed by atoms with E-state index < -0.39 is 0 Å². The van der Waals surface area contributed by atoms with Crippen molar-refractivity contribution >= 4 is 23.3 Å². The number of amides is 1. The highest BCUT2D eigenvalue weighted by Crippen LogP contribution is 2.38. The van der Waals surface area contributed by atoms with Gasteiger partial charge in [-0.3, -0.25) is 4.79 Å². The summed E-state index contributed by atoms with van der Waals surface area (Å²) >= 11 is 5.95. The molecule has 1 unspecified atom stereocenters. The molecule has 1 aliphatic heterocycles. The number of nitrogens with one attached hydrogen (secondary N) is 1. The molecular formula is C18H13ClFN3O. The summed E-state index contributed by atoms with van der Waals surface area (Å²) < 4.78 is 14.8. The molecule has 2 heterocycles. The molecule has 0 saturated heterocycles. The van der Waals surface area contributed by atoms with E-state index in [9.17, 15) is 9.18 Å². The molecule has 1 N–H and O–H groups in total. The molecule has 0 radical (unpaired) electrons. The fraction of sp³-hybridized carbons (Fsp3) is 0.111. The van der Waals surface area contributed by atoms with Crippen LogP contribution in [0.2, 0.25) is 5.02 Å². The van der Waals surface area contributed by atoms with Crippen molar-refractivity contribution in [3.8, 4) is 5.69 Å². The number of hydrogen-bond donors (Lipinski definition) is 1. The van der Waals surface area contributed by atoms with Crippen LogP contribution in [-0.4, -0.2) is 15.7 Å². The topological polar surface area (TPSA) is 46.9 Å². The van der Waals surface area contributed by atoms with E-state index in [0.717, 1.165) is 11.1 Å². The molecule has 0 spiro atoms. The lowest BCUT2D eigenvalue weighted by Crippen LogP contribution is -2.24. The van der Waals surface area contributed by atoms with Gasteiger partial charge in [-0.2, -0.15) is 5.10 Å². The molecule has 6 heteroatoms. The van der Waals surface area contributed by atoms with Crippen molar-refractivity contribution in [3.63, 3.8) is 0 Å². The molecule has 1 aliphatic rings. The van der Waals surface area contributed by atoms with E-state index in [2.05, 4.69) is 10.4 Å². The second-order valence-corrected chi connectivity index (χ2v) is 6.13. The van der Waals surface area contributed by atoms with Crippen molar-refractivity contribution < 1.29 is 9.18 Å². The predicted molar refractivity (Wildman–Crippen MR) is 90.1 cm³/mol. The maximum atomic E-state index is 13.1. The van der Waals surface area contributed by atoms with Gasteiger partial charge in [0.2, 0.25) is 5.91 Å². The maximum absolute atomic E-state index is 13.1. The first-order valence-corrected chi connectivity index (χ1v) is 7.89. The third-order valence-electron chi connectivity index (χ3n) is 4.16. The SMILES string of the molecule is O=C1CC(c2ccc(Cl)cc2)c2cnn(-c3ccc(F)cc3)c2N1. The summed E-state index contributed by atoms with van der Waals surface area (Å²) in [5.41, 5.74) is 2.63. The van der Waals surface area contributed by atoms with Crippen LogP contribution in [0.25, 0.3) is 5.69 Å². The lowest BCUT2D eigenvalue weighted by molar-refractivity contribution is -0.116. The number of benzene rings is 2.